The lowest BCUT2D eigenvalue weighted by Gasteiger charge is -2.34. The molecule has 0 aliphatic carbocycles. The summed E-state index contributed by atoms with van der Waals surface area (Å²) in [5.74, 6) is 0.384. The average Bonchev–Trinajstić information content (AvgIpc) is 2.46. The van der Waals surface area contributed by atoms with Crippen LogP contribution in [0.3, 0.4) is 0 Å². The van der Waals surface area contributed by atoms with Gasteiger partial charge in [0.15, 0.2) is 0 Å². The van der Waals surface area contributed by atoms with E-state index in [1.165, 1.54) is 12.1 Å². The molecule has 1 aromatic rings. The molecule has 1 aliphatic heterocycles. The maximum Gasteiger partial charge on any atom is 0.239 e. The monoisotopic (exact) mass is 294 g/mol. The largest absolute Gasteiger partial charge is 0.490 e. The number of hydrogen-bond acceptors (Lipinski definition) is 3. The van der Waals surface area contributed by atoms with Gasteiger partial charge in [-0.1, -0.05) is 19.9 Å². The highest BCUT2D eigenvalue weighted by atomic mass is 19.1. The van der Waals surface area contributed by atoms with Gasteiger partial charge in [0.2, 0.25) is 5.91 Å². The Morgan fingerprint density at radius 2 is 2.05 bits per heavy atom. The van der Waals surface area contributed by atoms with Crippen molar-refractivity contribution in [3.8, 4) is 5.75 Å². The second kappa shape index (κ2) is 6.89. The van der Waals surface area contributed by atoms with Crippen molar-refractivity contribution in [2.75, 3.05) is 13.1 Å². The Balaban J connectivity index is 1.84. The summed E-state index contributed by atoms with van der Waals surface area (Å²) in [6.45, 7) is 5.17. The third kappa shape index (κ3) is 4.17. The van der Waals surface area contributed by atoms with Gasteiger partial charge < -0.3 is 15.4 Å². The van der Waals surface area contributed by atoms with E-state index in [2.05, 4.69) is 0 Å². The first kappa shape index (κ1) is 15.8. The molecule has 0 aromatic heterocycles. The first-order valence-corrected chi connectivity index (χ1v) is 7.44. The van der Waals surface area contributed by atoms with Gasteiger partial charge in [-0.05, 0) is 18.1 Å². The molecule has 1 heterocycles. The van der Waals surface area contributed by atoms with Crippen molar-refractivity contribution >= 4 is 5.91 Å². The fourth-order valence-electron chi connectivity index (χ4n) is 2.42. The van der Waals surface area contributed by atoms with E-state index in [1.807, 2.05) is 13.8 Å². The third-order valence-electron chi connectivity index (χ3n) is 3.86. The number of nitrogens with two attached hydrogens (primary N) is 1. The van der Waals surface area contributed by atoms with Crippen LogP contribution < -0.4 is 10.5 Å². The number of nitrogens with zero attached hydrogens (tertiary/aromatic N) is 1. The van der Waals surface area contributed by atoms with Gasteiger partial charge in [0, 0.05) is 32.0 Å². The number of halogens is 1. The van der Waals surface area contributed by atoms with E-state index in [0.717, 1.165) is 12.8 Å². The number of benzene rings is 1. The Hall–Kier alpha value is -1.62. The van der Waals surface area contributed by atoms with Crippen LogP contribution in [0, 0.1) is 11.7 Å². The second-order valence-corrected chi connectivity index (χ2v) is 5.87. The Bertz CT molecular complexity index is 485. The van der Waals surface area contributed by atoms with Gasteiger partial charge in [-0.2, -0.15) is 0 Å². The van der Waals surface area contributed by atoms with Crippen molar-refractivity contribution in [3.05, 3.63) is 30.1 Å². The first-order valence-electron chi connectivity index (χ1n) is 7.44. The number of carbonyl (C=O) groups is 1. The topological polar surface area (TPSA) is 55.6 Å². The maximum atomic E-state index is 13.1. The molecule has 1 atom stereocenters. The molecule has 5 heteroatoms. The molecule has 1 amide bonds. The molecular formula is C16H23FN2O2. The van der Waals surface area contributed by atoms with E-state index in [1.54, 1.807) is 17.0 Å². The Labute approximate surface area is 125 Å². The van der Waals surface area contributed by atoms with Crippen molar-refractivity contribution in [2.24, 2.45) is 11.7 Å². The fourth-order valence-corrected chi connectivity index (χ4v) is 2.42. The lowest BCUT2D eigenvalue weighted by Crippen LogP contribution is -2.50. The van der Waals surface area contributed by atoms with Crippen molar-refractivity contribution in [2.45, 2.75) is 38.8 Å². The summed E-state index contributed by atoms with van der Waals surface area (Å²) < 4.78 is 18.9. The summed E-state index contributed by atoms with van der Waals surface area (Å²) in [4.78, 5) is 14.0. The smallest absolute Gasteiger partial charge is 0.239 e. The molecular weight excluding hydrogens is 271 g/mol. The number of hydrogen-bond donors (Lipinski definition) is 1. The summed E-state index contributed by atoms with van der Waals surface area (Å²) in [5, 5.41) is 0. The molecule has 1 fully saturated rings. The lowest BCUT2D eigenvalue weighted by atomic mass is 10.0. The normalized spacial score (nSPS) is 17.9. The summed E-state index contributed by atoms with van der Waals surface area (Å²) >= 11 is 0. The number of ether oxygens (including phenoxy) is 1. The van der Waals surface area contributed by atoms with Gasteiger partial charge in [0.25, 0.3) is 0 Å². The Morgan fingerprint density at radius 3 is 2.62 bits per heavy atom. The van der Waals surface area contributed by atoms with E-state index in [0.29, 0.717) is 18.8 Å². The van der Waals surface area contributed by atoms with E-state index in [-0.39, 0.29) is 23.7 Å². The van der Waals surface area contributed by atoms with E-state index in [4.69, 9.17) is 10.5 Å². The molecule has 1 saturated heterocycles. The van der Waals surface area contributed by atoms with Crippen LogP contribution >= 0.6 is 0 Å². The molecule has 2 N–H and O–H groups in total. The summed E-state index contributed by atoms with van der Waals surface area (Å²) in [6.07, 6.45) is 1.51. The standard InChI is InChI=1S/C16H23FN2O2/c1-11(2)15(18)16(20)19-8-6-13(7-9-19)21-14-5-3-4-12(17)10-14/h3-5,10-11,13,15H,6-9,18H2,1-2H3/t15-/m0/s1. The van der Waals surface area contributed by atoms with Gasteiger partial charge in [0.05, 0.1) is 6.04 Å². The van der Waals surface area contributed by atoms with E-state index < -0.39 is 6.04 Å². The van der Waals surface area contributed by atoms with Crippen LogP contribution in [0.5, 0.6) is 5.75 Å². The SMILES string of the molecule is CC(C)[C@H](N)C(=O)N1CCC(Oc2cccc(F)c2)CC1. The molecule has 0 unspecified atom stereocenters. The Morgan fingerprint density at radius 1 is 1.38 bits per heavy atom. The van der Waals surface area contributed by atoms with Gasteiger partial charge in [-0.25, -0.2) is 4.39 Å². The van der Waals surface area contributed by atoms with Crippen molar-refractivity contribution < 1.29 is 13.9 Å². The van der Waals surface area contributed by atoms with Crippen LogP contribution in [-0.4, -0.2) is 36.0 Å². The molecule has 2 rings (SSSR count). The van der Waals surface area contributed by atoms with Crippen molar-refractivity contribution in [1.29, 1.82) is 0 Å². The molecule has 4 nitrogen and oxygen atoms in total. The van der Waals surface area contributed by atoms with Crippen LogP contribution in [0.1, 0.15) is 26.7 Å². The van der Waals surface area contributed by atoms with E-state index in [9.17, 15) is 9.18 Å². The highest BCUT2D eigenvalue weighted by molar-refractivity contribution is 5.82. The Kier molecular flexibility index (Phi) is 5.17. The zero-order chi connectivity index (χ0) is 15.4. The fraction of sp³-hybridized carbons (Fsp3) is 0.562. The van der Waals surface area contributed by atoms with Crippen LogP contribution in [0.4, 0.5) is 4.39 Å². The van der Waals surface area contributed by atoms with E-state index >= 15 is 0 Å². The zero-order valence-corrected chi connectivity index (χ0v) is 12.6. The highest BCUT2D eigenvalue weighted by Crippen LogP contribution is 2.20. The van der Waals surface area contributed by atoms with Crippen molar-refractivity contribution in [3.63, 3.8) is 0 Å². The summed E-state index contributed by atoms with van der Waals surface area (Å²) in [7, 11) is 0. The van der Waals surface area contributed by atoms with Crippen LogP contribution in [-0.2, 0) is 4.79 Å². The predicted molar refractivity (Wildman–Crippen MR) is 79.4 cm³/mol. The van der Waals surface area contributed by atoms with Crippen LogP contribution in [0.15, 0.2) is 24.3 Å². The van der Waals surface area contributed by atoms with Gasteiger partial charge in [-0.15, -0.1) is 0 Å². The first-order chi connectivity index (χ1) is 9.97. The van der Waals surface area contributed by atoms with Crippen LogP contribution in [0.2, 0.25) is 0 Å². The molecule has 0 radical (unpaired) electrons. The minimum atomic E-state index is -0.439. The molecule has 0 bridgehead atoms. The predicted octanol–water partition coefficient (Wildman–Crippen LogP) is 2.18. The maximum absolute atomic E-state index is 13.1. The molecule has 1 aliphatic rings. The quantitative estimate of drug-likeness (QED) is 0.926. The van der Waals surface area contributed by atoms with Crippen LogP contribution in [0.25, 0.3) is 0 Å². The highest BCUT2D eigenvalue weighted by Gasteiger charge is 2.28. The summed E-state index contributed by atoms with van der Waals surface area (Å²) in [6, 6.07) is 5.71. The molecule has 116 valence electrons. The molecule has 1 aromatic carbocycles. The summed E-state index contributed by atoms with van der Waals surface area (Å²) in [5.41, 5.74) is 5.90. The average molecular weight is 294 g/mol. The zero-order valence-electron chi connectivity index (χ0n) is 12.6. The third-order valence-corrected chi connectivity index (χ3v) is 3.86. The van der Waals surface area contributed by atoms with Gasteiger partial charge in [-0.3, -0.25) is 4.79 Å². The minimum absolute atomic E-state index is 0.00852. The minimum Gasteiger partial charge on any atom is -0.490 e. The number of likely N-dealkylation sites (tertiary alicyclic amines) is 1. The number of rotatable bonds is 4. The van der Waals surface area contributed by atoms with Gasteiger partial charge >= 0.3 is 0 Å². The molecule has 0 saturated carbocycles. The molecule has 0 spiro atoms. The number of amides is 1. The number of carbonyl (C=O) groups excluding carboxylic acids is 1. The molecule has 21 heavy (non-hydrogen) atoms. The van der Waals surface area contributed by atoms with Crippen molar-refractivity contribution in [1.82, 2.24) is 4.90 Å². The number of piperidine rings is 1. The van der Waals surface area contributed by atoms with Gasteiger partial charge in [0.1, 0.15) is 17.7 Å². The lowest BCUT2D eigenvalue weighted by molar-refractivity contribution is -0.135. The second-order valence-electron chi connectivity index (χ2n) is 5.87.